The van der Waals surface area contributed by atoms with Gasteiger partial charge in [0.15, 0.2) is 5.60 Å². The van der Waals surface area contributed by atoms with Crippen LogP contribution in [0, 0.1) is 6.92 Å². The Kier molecular flexibility index (Phi) is 4.62. The van der Waals surface area contributed by atoms with Crippen LogP contribution in [0.4, 0.5) is 18.9 Å². The highest BCUT2D eigenvalue weighted by Crippen LogP contribution is 2.44. The number of benzene rings is 2. The summed E-state index contributed by atoms with van der Waals surface area (Å²) in [7, 11) is 0. The molecule has 0 saturated carbocycles. The molecule has 7 heteroatoms. The molecule has 4 rings (SSSR count). The van der Waals surface area contributed by atoms with Crippen molar-refractivity contribution in [1.82, 2.24) is 4.98 Å². The Bertz CT molecular complexity index is 1020. The van der Waals surface area contributed by atoms with E-state index in [4.69, 9.17) is 0 Å². The number of fused-ring (bicyclic) bond motifs is 1. The third-order valence-corrected chi connectivity index (χ3v) is 6.00. The second kappa shape index (κ2) is 6.74. The van der Waals surface area contributed by atoms with Gasteiger partial charge in [-0.25, -0.2) is 0 Å². The molecule has 1 aromatic heterocycles. The summed E-state index contributed by atoms with van der Waals surface area (Å²) in [5.74, 6) is 0.905. The second-order valence-corrected chi connectivity index (χ2v) is 8.61. The van der Waals surface area contributed by atoms with Crippen molar-refractivity contribution in [2.45, 2.75) is 30.5 Å². The number of aromatic amines is 1. The summed E-state index contributed by atoms with van der Waals surface area (Å²) >= 11 is 1.68. The number of nitrogens with one attached hydrogen (secondary N) is 1. The van der Waals surface area contributed by atoms with Crippen LogP contribution >= 0.6 is 11.8 Å². The van der Waals surface area contributed by atoms with E-state index >= 15 is 0 Å². The average molecular weight is 406 g/mol. The molecule has 2 heterocycles. The van der Waals surface area contributed by atoms with Gasteiger partial charge in [-0.2, -0.15) is 13.2 Å². The largest absolute Gasteiger partial charge is 0.420 e. The van der Waals surface area contributed by atoms with Crippen LogP contribution in [0.1, 0.15) is 12.5 Å². The molecule has 0 atom stereocenters. The number of hydrogen-bond acceptors (Lipinski definition) is 3. The molecule has 1 fully saturated rings. The molecule has 1 aliphatic heterocycles. The van der Waals surface area contributed by atoms with Gasteiger partial charge in [-0.1, -0.05) is 19.1 Å². The lowest BCUT2D eigenvalue weighted by atomic mass is 9.91. The first-order chi connectivity index (χ1) is 13.2. The van der Waals surface area contributed by atoms with Crippen LogP contribution in [-0.4, -0.2) is 40.7 Å². The lowest BCUT2D eigenvalue weighted by Gasteiger charge is -2.48. The summed E-state index contributed by atoms with van der Waals surface area (Å²) in [6.07, 6.45) is -4.62. The predicted molar refractivity (Wildman–Crippen MR) is 108 cm³/mol. The molecule has 0 bridgehead atoms. The molecule has 28 heavy (non-hydrogen) atoms. The number of aryl methyl sites for hydroxylation is 1. The van der Waals surface area contributed by atoms with Crippen molar-refractivity contribution < 1.29 is 18.3 Å². The van der Waals surface area contributed by atoms with E-state index in [1.807, 2.05) is 43.3 Å². The number of anilines is 1. The van der Waals surface area contributed by atoms with Crippen molar-refractivity contribution in [2.24, 2.45) is 0 Å². The van der Waals surface area contributed by atoms with Crippen molar-refractivity contribution in [3.8, 4) is 11.3 Å². The maximum absolute atomic E-state index is 13.1. The Labute approximate surface area is 165 Å². The van der Waals surface area contributed by atoms with Crippen LogP contribution in [0.25, 0.3) is 22.2 Å². The van der Waals surface area contributed by atoms with Crippen molar-refractivity contribution in [3.63, 3.8) is 0 Å². The Morgan fingerprint density at radius 1 is 1.14 bits per heavy atom. The molecule has 0 unspecified atom stereocenters. The van der Waals surface area contributed by atoms with Crippen molar-refractivity contribution in [3.05, 3.63) is 48.0 Å². The predicted octanol–water partition coefficient (Wildman–Crippen LogP) is 5.37. The molecule has 2 aromatic carbocycles. The molecule has 2 N–H and O–H groups in total. The molecule has 0 radical (unpaired) electrons. The molecular formula is C21H21F3N2OS. The molecule has 148 valence electrons. The zero-order chi connectivity index (χ0) is 20.1. The van der Waals surface area contributed by atoms with Crippen LogP contribution in [0.2, 0.25) is 0 Å². The summed E-state index contributed by atoms with van der Waals surface area (Å²) in [5, 5.41) is 10.9. The van der Waals surface area contributed by atoms with Gasteiger partial charge in [0.2, 0.25) is 0 Å². The fourth-order valence-electron chi connectivity index (χ4n) is 3.58. The van der Waals surface area contributed by atoms with E-state index in [0.717, 1.165) is 38.4 Å². The molecule has 3 nitrogen and oxygen atoms in total. The van der Waals surface area contributed by atoms with E-state index in [0.29, 0.717) is 5.69 Å². The Balaban J connectivity index is 1.75. The van der Waals surface area contributed by atoms with E-state index in [-0.39, 0.29) is 0 Å². The molecule has 0 spiro atoms. The number of H-pyrrole nitrogens is 1. The van der Waals surface area contributed by atoms with E-state index in [9.17, 15) is 18.3 Å². The van der Waals surface area contributed by atoms with Crippen LogP contribution < -0.4 is 4.90 Å². The van der Waals surface area contributed by atoms with Gasteiger partial charge < -0.3 is 15.0 Å². The van der Waals surface area contributed by atoms with Crippen molar-refractivity contribution >= 4 is 28.4 Å². The van der Waals surface area contributed by atoms with E-state index in [2.05, 4.69) is 18.0 Å². The van der Waals surface area contributed by atoms with Gasteiger partial charge in [-0.15, -0.1) is 11.8 Å². The normalized spacial score (nSPS) is 16.4. The van der Waals surface area contributed by atoms with E-state index in [1.54, 1.807) is 16.7 Å². The summed E-state index contributed by atoms with van der Waals surface area (Å²) in [5.41, 5.74) is 1.88. The molecular weight excluding hydrogens is 385 g/mol. The summed E-state index contributed by atoms with van der Waals surface area (Å²) in [6.45, 7) is 3.16. The number of nitrogens with zero attached hydrogens (tertiary/aromatic N) is 1. The summed E-state index contributed by atoms with van der Waals surface area (Å²) in [6, 6.07) is 13.9. The van der Waals surface area contributed by atoms with Gasteiger partial charge in [0.25, 0.3) is 0 Å². The third-order valence-electron chi connectivity index (χ3n) is 5.12. The standard InChI is InChI=1S/C21H21F3N2OS/c1-3-28-15-6-7-19(26-11-20(27,12-26)21(22,23)24)16(10-15)18-9-14-5-4-13(2)8-17(14)25-18/h4-10,25,27H,3,11-12H2,1-2H3. The third kappa shape index (κ3) is 3.26. The van der Waals surface area contributed by atoms with Gasteiger partial charge in [0.05, 0.1) is 13.1 Å². The first kappa shape index (κ1) is 19.2. The Morgan fingerprint density at radius 3 is 2.57 bits per heavy atom. The van der Waals surface area contributed by atoms with E-state index < -0.39 is 24.9 Å². The number of thioether (sulfide) groups is 1. The summed E-state index contributed by atoms with van der Waals surface area (Å²) < 4.78 is 39.2. The number of hydrogen-bond donors (Lipinski definition) is 2. The Morgan fingerprint density at radius 2 is 1.89 bits per heavy atom. The average Bonchev–Trinajstić information content (AvgIpc) is 3.01. The zero-order valence-corrected chi connectivity index (χ0v) is 16.4. The number of β-amino-alcohol motifs (C(OH)–C–C–N with tert-alkyl or cyclic N) is 1. The van der Waals surface area contributed by atoms with Gasteiger partial charge in [0.1, 0.15) is 0 Å². The summed E-state index contributed by atoms with van der Waals surface area (Å²) in [4.78, 5) is 6.04. The lowest BCUT2D eigenvalue weighted by molar-refractivity contribution is -0.267. The topological polar surface area (TPSA) is 39.3 Å². The second-order valence-electron chi connectivity index (χ2n) is 7.27. The van der Waals surface area contributed by atoms with Gasteiger partial charge in [-0.3, -0.25) is 0 Å². The maximum atomic E-state index is 13.1. The number of aromatic nitrogens is 1. The van der Waals surface area contributed by atoms with Gasteiger partial charge in [0, 0.05) is 32.7 Å². The highest BCUT2D eigenvalue weighted by atomic mass is 32.2. The van der Waals surface area contributed by atoms with Crippen LogP contribution in [0.15, 0.2) is 47.4 Å². The zero-order valence-electron chi connectivity index (χ0n) is 15.6. The molecule has 0 amide bonds. The van der Waals surface area contributed by atoms with Crippen LogP contribution in [-0.2, 0) is 0 Å². The van der Waals surface area contributed by atoms with Crippen molar-refractivity contribution in [2.75, 3.05) is 23.7 Å². The van der Waals surface area contributed by atoms with Crippen LogP contribution in [0.3, 0.4) is 0 Å². The lowest BCUT2D eigenvalue weighted by Crippen LogP contribution is -2.69. The van der Waals surface area contributed by atoms with Crippen LogP contribution in [0.5, 0.6) is 0 Å². The van der Waals surface area contributed by atoms with Gasteiger partial charge >= 0.3 is 6.18 Å². The van der Waals surface area contributed by atoms with Gasteiger partial charge in [-0.05, 0) is 48.6 Å². The number of rotatable bonds is 4. The first-order valence-electron chi connectivity index (χ1n) is 9.11. The highest BCUT2D eigenvalue weighted by Gasteiger charge is 2.61. The number of alkyl halides is 3. The van der Waals surface area contributed by atoms with E-state index in [1.165, 1.54) is 0 Å². The molecule has 3 aromatic rings. The number of halogens is 3. The fourth-order valence-corrected chi connectivity index (χ4v) is 4.28. The highest BCUT2D eigenvalue weighted by molar-refractivity contribution is 7.99. The SMILES string of the molecule is CCSc1ccc(N2CC(O)(C(F)(F)F)C2)c(-c2cc3ccc(C)cc3[nH]2)c1. The molecule has 0 aliphatic carbocycles. The fraction of sp³-hybridized carbons (Fsp3) is 0.333. The smallest absolute Gasteiger partial charge is 0.378 e. The molecule has 1 aliphatic rings. The monoisotopic (exact) mass is 406 g/mol. The first-order valence-corrected chi connectivity index (χ1v) is 10.1. The minimum atomic E-state index is -4.62. The Hall–Kier alpha value is -2.12. The number of aliphatic hydroxyl groups is 1. The maximum Gasteiger partial charge on any atom is 0.420 e. The van der Waals surface area contributed by atoms with Crippen molar-refractivity contribution in [1.29, 1.82) is 0 Å². The molecule has 1 saturated heterocycles. The quantitative estimate of drug-likeness (QED) is 0.573. The minimum absolute atomic E-state index is 0.455. The minimum Gasteiger partial charge on any atom is -0.378 e.